The highest BCUT2D eigenvalue weighted by atomic mass is 15.1. The largest absolute Gasteiger partial charge is 0.322 e. The average Bonchev–Trinajstić information content (AvgIpc) is 3.42. The number of benzene rings is 5. The molecular weight excluding hydrogens is 462 g/mol. The molecule has 1 aliphatic carbocycles. The summed E-state index contributed by atoms with van der Waals surface area (Å²) >= 11 is 0. The van der Waals surface area contributed by atoms with Crippen molar-refractivity contribution >= 4 is 21.8 Å². The number of fused-ring (bicyclic) bond motifs is 6. The summed E-state index contributed by atoms with van der Waals surface area (Å²) in [4.78, 5) is 0. The number of hydrogen-bond donors (Lipinski definition) is 0. The molecule has 6 aromatic rings. The van der Waals surface area contributed by atoms with Gasteiger partial charge in [-0.1, -0.05) is 77.9 Å². The van der Waals surface area contributed by atoms with Crippen molar-refractivity contribution in [2.75, 3.05) is 0 Å². The normalized spacial score (nSPS) is 13.2. The highest BCUT2D eigenvalue weighted by Crippen LogP contribution is 2.55. The first kappa shape index (κ1) is 22.1. The Morgan fingerprint density at radius 1 is 0.579 bits per heavy atom. The second kappa shape index (κ2) is 7.94. The standard InChI is InChI=1S/C35H23N3/c1-22-11-15-33-29(17-22)30-18-23(2)12-16-34(30)38(33)35(26-14-13-24(20-36)25(19-26)21-37)31-9-5-3-7-27(31)28-8-4-6-10-32(28)35/h3-19H,1-2H3. The summed E-state index contributed by atoms with van der Waals surface area (Å²) in [5.41, 5.74) is 10.4. The van der Waals surface area contributed by atoms with E-state index < -0.39 is 5.54 Å². The highest BCUT2D eigenvalue weighted by molar-refractivity contribution is 6.09. The lowest BCUT2D eigenvalue weighted by Crippen LogP contribution is -2.35. The Kier molecular flexibility index (Phi) is 4.62. The second-order valence-electron chi connectivity index (χ2n) is 10.2. The van der Waals surface area contributed by atoms with Gasteiger partial charge in [-0.2, -0.15) is 10.5 Å². The topological polar surface area (TPSA) is 52.5 Å². The van der Waals surface area contributed by atoms with Gasteiger partial charge in [-0.15, -0.1) is 0 Å². The molecule has 0 saturated heterocycles. The number of nitriles is 2. The summed E-state index contributed by atoms with van der Waals surface area (Å²) in [7, 11) is 0. The van der Waals surface area contributed by atoms with Gasteiger partial charge in [0.1, 0.15) is 17.7 Å². The fourth-order valence-corrected chi connectivity index (χ4v) is 6.46. The molecule has 178 valence electrons. The second-order valence-corrected chi connectivity index (χ2v) is 10.2. The maximum atomic E-state index is 10.0. The van der Waals surface area contributed by atoms with Gasteiger partial charge in [0.15, 0.2) is 0 Å². The van der Waals surface area contributed by atoms with Crippen LogP contribution in [0.2, 0.25) is 0 Å². The Morgan fingerprint density at radius 2 is 1.11 bits per heavy atom. The number of aryl methyl sites for hydroxylation is 2. The Labute approximate surface area is 221 Å². The third kappa shape index (κ3) is 2.76. The van der Waals surface area contributed by atoms with Gasteiger partial charge in [-0.25, -0.2) is 0 Å². The molecule has 3 nitrogen and oxygen atoms in total. The fourth-order valence-electron chi connectivity index (χ4n) is 6.46. The van der Waals surface area contributed by atoms with Gasteiger partial charge in [-0.05, 0) is 78.1 Å². The van der Waals surface area contributed by atoms with Gasteiger partial charge in [0, 0.05) is 10.8 Å². The summed E-state index contributed by atoms with van der Waals surface area (Å²) in [6.07, 6.45) is 0. The molecule has 1 aliphatic rings. The zero-order valence-corrected chi connectivity index (χ0v) is 21.2. The molecular formula is C35H23N3. The summed E-state index contributed by atoms with van der Waals surface area (Å²) < 4.78 is 2.46. The predicted octanol–water partition coefficient (Wildman–Crippen LogP) is 7.98. The van der Waals surface area contributed by atoms with Crippen molar-refractivity contribution in [2.45, 2.75) is 19.4 Å². The molecule has 0 unspecified atom stereocenters. The molecule has 0 atom stereocenters. The van der Waals surface area contributed by atoms with Crippen molar-refractivity contribution in [1.29, 1.82) is 10.5 Å². The Morgan fingerprint density at radius 3 is 1.63 bits per heavy atom. The van der Waals surface area contributed by atoms with Crippen LogP contribution >= 0.6 is 0 Å². The molecule has 1 aromatic heterocycles. The maximum Gasteiger partial charge on any atom is 0.122 e. The number of aromatic nitrogens is 1. The first-order chi connectivity index (χ1) is 18.6. The quantitative estimate of drug-likeness (QED) is 0.249. The molecule has 0 aliphatic heterocycles. The Bertz CT molecular complexity index is 1920. The van der Waals surface area contributed by atoms with Crippen molar-refractivity contribution in [3.8, 4) is 23.3 Å². The smallest absolute Gasteiger partial charge is 0.122 e. The van der Waals surface area contributed by atoms with Crippen molar-refractivity contribution < 1.29 is 0 Å². The lowest BCUT2D eigenvalue weighted by atomic mass is 9.79. The molecule has 0 amide bonds. The highest BCUT2D eigenvalue weighted by Gasteiger charge is 2.47. The number of nitrogens with zero attached hydrogens (tertiary/aromatic N) is 3. The molecule has 0 bridgehead atoms. The first-order valence-electron chi connectivity index (χ1n) is 12.7. The van der Waals surface area contributed by atoms with Crippen LogP contribution in [0.1, 0.15) is 38.9 Å². The molecule has 0 fully saturated rings. The molecule has 5 aromatic carbocycles. The van der Waals surface area contributed by atoms with Gasteiger partial charge in [-0.3, -0.25) is 0 Å². The van der Waals surface area contributed by atoms with Crippen molar-refractivity contribution in [2.24, 2.45) is 0 Å². The van der Waals surface area contributed by atoms with Crippen LogP contribution in [0.4, 0.5) is 0 Å². The average molecular weight is 486 g/mol. The van der Waals surface area contributed by atoms with Gasteiger partial charge in [0.2, 0.25) is 0 Å². The minimum absolute atomic E-state index is 0.388. The molecule has 0 radical (unpaired) electrons. The van der Waals surface area contributed by atoms with E-state index in [1.165, 1.54) is 33.0 Å². The lowest BCUT2D eigenvalue weighted by molar-refractivity contribution is 0.563. The predicted molar refractivity (Wildman–Crippen MR) is 152 cm³/mol. The minimum Gasteiger partial charge on any atom is -0.322 e. The minimum atomic E-state index is -0.739. The van der Waals surface area contributed by atoms with Crippen molar-refractivity contribution in [3.63, 3.8) is 0 Å². The van der Waals surface area contributed by atoms with E-state index in [4.69, 9.17) is 0 Å². The number of hydrogen-bond acceptors (Lipinski definition) is 2. The fraction of sp³-hybridized carbons (Fsp3) is 0.0857. The van der Waals surface area contributed by atoms with Crippen LogP contribution in [0.5, 0.6) is 0 Å². The van der Waals surface area contributed by atoms with E-state index in [9.17, 15) is 10.5 Å². The van der Waals surface area contributed by atoms with Crippen LogP contribution in [-0.4, -0.2) is 4.57 Å². The van der Waals surface area contributed by atoms with Gasteiger partial charge in [0.25, 0.3) is 0 Å². The first-order valence-corrected chi connectivity index (χ1v) is 12.7. The van der Waals surface area contributed by atoms with E-state index in [1.54, 1.807) is 6.07 Å². The summed E-state index contributed by atoms with van der Waals surface area (Å²) in [5.74, 6) is 0. The van der Waals surface area contributed by atoms with Crippen LogP contribution in [0, 0.1) is 36.5 Å². The lowest BCUT2D eigenvalue weighted by Gasteiger charge is -2.36. The van der Waals surface area contributed by atoms with Crippen molar-refractivity contribution in [1.82, 2.24) is 4.57 Å². The van der Waals surface area contributed by atoms with Crippen LogP contribution in [0.25, 0.3) is 32.9 Å². The van der Waals surface area contributed by atoms with E-state index >= 15 is 0 Å². The maximum absolute atomic E-state index is 10.0. The monoisotopic (exact) mass is 485 g/mol. The van der Waals surface area contributed by atoms with E-state index in [0.29, 0.717) is 11.1 Å². The Hall–Kier alpha value is -5.12. The van der Waals surface area contributed by atoms with E-state index in [-0.39, 0.29) is 0 Å². The third-order valence-electron chi connectivity index (χ3n) is 8.01. The molecule has 7 rings (SSSR count). The van der Waals surface area contributed by atoms with Gasteiger partial charge >= 0.3 is 0 Å². The summed E-state index contributed by atoms with van der Waals surface area (Å²) in [5, 5.41) is 22.1. The van der Waals surface area contributed by atoms with Crippen LogP contribution in [0.15, 0.2) is 103 Å². The van der Waals surface area contributed by atoms with Crippen LogP contribution < -0.4 is 0 Å². The molecule has 0 saturated carbocycles. The molecule has 3 heteroatoms. The van der Waals surface area contributed by atoms with E-state index in [2.05, 4.69) is 115 Å². The van der Waals surface area contributed by atoms with Crippen LogP contribution in [-0.2, 0) is 5.54 Å². The SMILES string of the molecule is Cc1ccc2c(c1)c1cc(C)ccc1n2C1(c2ccc(C#N)c(C#N)c2)c2ccccc2-c2ccccc21. The molecule has 1 heterocycles. The third-order valence-corrected chi connectivity index (χ3v) is 8.01. The van der Waals surface area contributed by atoms with Crippen molar-refractivity contribution in [3.05, 3.63) is 142 Å². The Balaban J connectivity index is 1.76. The molecule has 0 N–H and O–H groups in total. The molecule has 0 spiro atoms. The summed E-state index contributed by atoms with van der Waals surface area (Å²) in [6, 6.07) is 40.7. The molecule has 38 heavy (non-hydrogen) atoms. The van der Waals surface area contributed by atoms with Crippen LogP contribution in [0.3, 0.4) is 0 Å². The number of rotatable bonds is 2. The van der Waals surface area contributed by atoms with Gasteiger partial charge in [0.05, 0.1) is 22.2 Å². The zero-order chi connectivity index (χ0) is 26.0. The summed E-state index contributed by atoms with van der Waals surface area (Å²) in [6.45, 7) is 4.27. The van der Waals surface area contributed by atoms with E-state index in [0.717, 1.165) is 27.7 Å². The zero-order valence-electron chi connectivity index (χ0n) is 21.2. The van der Waals surface area contributed by atoms with Gasteiger partial charge < -0.3 is 4.57 Å². The van der Waals surface area contributed by atoms with E-state index in [1.807, 2.05) is 12.1 Å².